The van der Waals surface area contributed by atoms with E-state index < -0.39 is 5.91 Å². The van der Waals surface area contributed by atoms with Crippen LogP contribution in [0.1, 0.15) is 34.1 Å². The highest BCUT2D eigenvalue weighted by molar-refractivity contribution is 7.80. The van der Waals surface area contributed by atoms with Gasteiger partial charge >= 0.3 is 0 Å². The maximum Gasteiger partial charge on any atom is 0.257 e. The molecular formula is C21H25N3O5S. The van der Waals surface area contributed by atoms with Crippen LogP contribution in [-0.4, -0.2) is 44.8 Å². The third kappa shape index (κ3) is 5.84. The number of nitrogens with one attached hydrogen (secondary N) is 3. The van der Waals surface area contributed by atoms with E-state index in [0.29, 0.717) is 35.0 Å². The lowest BCUT2D eigenvalue weighted by Crippen LogP contribution is -2.34. The van der Waals surface area contributed by atoms with E-state index in [0.717, 1.165) is 6.42 Å². The highest BCUT2D eigenvalue weighted by Crippen LogP contribution is 2.38. The predicted octanol–water partition coefficient (Wildman–Crippen LogP) is 2.98. The molecule has 2 amide bonds. The van der Waals surface area contributed by atoms with E-state index in [2.05, 4.69) is 16.0 Å². The van der Waals surface area contributed by atoms with Crippen molar-refractivity contribution in [3.63, 3.8) is 0 Å². The number of carbonyl (C=O) groups is 2. The van der Waals surface area contributed by atoms with Crippen LogP contribution in [0.4, 0.5) is 5.69 Å². The van der Waals surface area contributed by atoms with Crippen LogP contribution in [0.2, 0.25) is 0 Å². The Hall–Kier alpha value is -3.33. The molecule has 0 atom stereocenters. The molecule has 0 aliphatic carbocycles. The lowest BCUT2D eigenvalue weighted by atomic mass is 10.1. The number of rotatable bonds is 8. The molecule has 160 valence electrons. The standard InChI is InChI=1S/C21H25N3O5S/c1-5-10-22-19(25)13-6-8-15(9-7-13)23-21(30)24-20(26)14-11-16(27-2)18(29-4)17(12-14)28-3/h6-9,11-12H,5,10H2,1-4H3,(H,22,25)(H2,23,24,26,30). The summed E-state index contributed by atoms with van der Waals surface area (Å²) in [5.41, 5.74) is 1.47. The first-order valence-corrected chi connectivity index (χ1v) is 9.64. The largest absolute Gasteiger partial charge is 0.493 e. The van der Waals surface area contributed by atoms with E-state index in [9.17, 15) is 9.59 Å². The van der Waals surface area contributed by atoms with Gasteiger partial charge in [0.1, 0.15) is 0 Å². The first kappa shape index (κ1) is 23.0. The zero-order valence-corrected chi connectivity index (χ0v) is 18.1. The second-order valence-electron chi connectivity index (χ2n) is 6.16. The molecule has 0 aliphatic heterocycles. The predicted molar refractivity (Wildman–Crippen MR) is 119 cm³/mol. The SMILES string of the molecule is CCCNC(=O)c1ccc(NC(=S)NC(=O)c2cc(OC)c(OC)c(OC)c2)cc1. The molecule has 0 aliphatic rings. The highest BCUT2D eigenvalue weighted by atomic mass is 32.1. The monoisotopic (exact) mass is 431 g/mol. The van der Waals surface area contributed by atoms with Crippen molar-refractivity contribution in [1.82, 2.24) is 10.6 Å². The number of benzene rings is 2. The summed E-state index contributed by atoms with van der Waals surface area (Å²) in [7, 11) is 4.42. The third-order valence-corrected chi connectivity index (χ3v) is 4.30. The molecule has 0 saturated heterocycles. The molecule has 2 rings (SSSR count). The molecule has 0 radical (unpaired) electrons. The van der Waals surface area contributed by atoms with Crippen molar-refractivity contribution in [3.05, 3.63) is 47.5 Å². The van der Waals surface area contributed by atoms with Crippen molar-refractivity contribution in [1.29, 1.82) is 0 Å². The van der Waals surface area contributed by atoms with Crippen molar-refractivity contribution in [3.8, 4) is 17.2 Å². The summed E-state index contributed by atoms with van der Waals surface area (Å²) in [6.07, 6.45) is 0.866. The zero-order chi connectivity index (χ0) is 22.1. The van der Waals surface area contributed by atoms with Crippen molar-refractivity contribution in [2.45, 2.75) is 13.3 Å². The Morgan fingerprint density at radius 1 is 0.900 bits per heavy atom. The quantitative estimate of drug-likeness (QED) is 0.553. The number of thiocarbonyl (C=S) groups is 1. The van der Waals surface area contributed by atoms with Gasteiger partial charge < -0.3 is 24.8 Å². The summed E-state index contributed by atoms with van der Waals surface area (Å²) in [6, 6.07) is 9.83. The van der Waals surface area contributed by atoms with E-state index in [-0.39, 0.29) is 16.6 Å². The Balaban J connectivity index is 2.04. The number of amides is 2. The van der Waals surface area contributed by atoms with Crippen LogP contribution in [0.5, 0.6) is 17.2 Å². The fourth-order valence-corrected chi connectivity index (χ4v) is 2.81. The van der Waals surface area contributed by atoms with Crippen LogP contribution < -0.4 is 30.2 Å². The topological polar surface area (TPSA) is 97.9 Å². The van der Waals surface area contributed by atoms with Gasteiger partial charge in [-0.3, -0.25) is 14.9 Å². The first-order valence-electron chi connectivity index (χ1n) is 9.24. The normalized spacial score (nSPS) is 10.0. The molecule has 0 unspecified atom stereocenters. The number of anilines is 1. The van der Waals surface area contributed by atoms with Crippen molar-refractivity contribution >= 4 is 34.8 Å². The average molecular weight is 432 g/mol. The number of methoxy groups -OCH3 is 3. The summed E-state index contributed by atoms with van der Waals surface area (Å²) in [5, 5.41) is 8.43. The van der Waals surface area contributed by atoms with Crippen LogP contribution in [-0.2, 0) is 0 Å². The van der Waals surface area contributed by atoms with Crippen LogP contribution in [0, 0.1) is 0 Å². The van der Waals surface area contributed by atoms with Gasteiger partial charge in [0.2, 0.25) is 5.75 Å². The van der Waals surface area contributed by atoms with Gasteiger partial charge in [0.15, 0.2) is 16.6 Å². The minimum atomic E-state index is -0.442. The van der Waals surface area contributed by atoms with Crippen LogP contribution in [0.15, 0.2) is 36.4 Å². The molecule has 0 saturated carbocycles. The molecule has 30 heavy (non-hydrogen) atoms. The lowest BCUT2D eigenvalue weighted by molar-refractivity contribution is 0.0951. The van der Waals surface area contributed by atoms with Gasteiger partial charge in [0.05, 0.1) is 21.3 Å². The number of carbonyl (C=O) groups excluding carboxylic acids is 2. The Labute approximate surface area is 180 Å². The molecule has 0 bridgehead atoms. The van der Waals surface area contributed by atoms with Gasteiger partial charge in [-0.05, 0) is 55.0 Å². The smallest absolute Gasteiger partial charge is 0.257 e. The minimum absolute atomic E-state index is 0.108. The van der Waals surface area contributed by atoms with Crippen LogP contribution in [0.3, 0.4) is 0 Å². The van der Waals surface area contributed by atoms with Crippen molar-refractivity contribution in [2.24, 2.45) is 0 Å². The van der Waals surface area contributed by atoms with Gasteiger partial charge in [-0.2, -0.15) is 0 Å². The molecule has 9 heteroatoms. The molecule has 2 aromatic carbocycles. The summed E-state index contributed by atoms with van der Waals surface area (Å²) < 4.78 is 15.8. The third-order valence-electron chi connectivity index (χ3n) is 4.09. The maximum absolute atomic E-state index is 12.6. The summed E-state index contributed by atoms with van der Waals surface area (Å²) in [4.78, 5) is 24.5. The first-order chi connectivity index (χ1) is 14.4. The molecule has 0 aromatic heterocycles. The Morgan fingerprint density at radius 2 is 1.50 bits per heavy atom. The van der Waals surface area contributed by atoms with Gasteiger partial charge in [0, 0.05) is 23.4 Å². The fourth-order valence-electron chi connectivity index (χ4n) is 2.60. The maximum atomic E-state index is 12.6. The van der Waals surface area contributed by atoms with Gasteiger partial charge in [-0.15, -0.1) is 0 Å². The minimum Gasteiger partial charge on any atom is -0.493 e. The molecule has 0 spiro atoms. The van der Waals surface area contributed by atoms with Crippen LogP contribution >= 0.6 is 12.2 Å². The Morgan fingerprint density at radius 3 is 2.00 bits per heavy atom. The van der Waals surface area contributed by atoms with Crippen molar-refractivity contribution < 1.29 is 23.8 Å². The Bertz CT molecular complexity index is 890. The fraction of sp³-hybridized carbons (Fsp3) is 0.286. The molecule has 0 heterocycles. The summed E-state index contributed by atoms with van der Waals surface area (Å²) in [5.74, 6) is 0.528. The lowest BCUT2D eigenvalue weighted by Gasteiger charge is -2.14. The van der Waals surface area contributed by atoms with Crippen LogP contribution in [0.25, 0.3) is 0 Å². The van der Waals surface area contributed by atoms with Crippen molar-refractivity contribution in [2.75, 3.05) is 33.2 Å². The van der Waals surface area contributed by atoms with Gasteiger partial charge in [-0.1, -0.05) is 6.92 Å². The molecular weight excluding hydrogens is 406 g/mol. The van der Waals surface area contributed by atoms with E-state index >= 15 is 0 Å². The number of ether oxygens (including phenoxy) is 3. The molecule has 2 aromatic rings. The summed E-state index contributed by atoms with van der Waals surface area (Å²) in [6.45, 7) is 2.61. The zero-order valence-electron chi connectivity index (χ0n) is 17.3. The number of hydrogen-bond donors (Lipinski definition) is 3. The second kappa shape index (κ2) is 11.0. The number of hydrogen-bond acceptors (Lipinski definition) is 6. The molecule has 3 N–H and O–H groups in total. The van der Waals surface area contributed by atoms with Gasteiger partial charge in [-0.25, -0.2) is 0 Å². The van der Waals surface area contributed by atoms with E-state index in [1.54, 1.807) is 24.3 Å². The molecule has 8 nitrogen and oxygen atoms in total. The highest BCUT2D eigenvalue weighted by Gasteiger charge is 2.17. The Kier molecular flexibility index (Phi) is 8.42. The van der Waals surface area contributed by atoms with E-state index in [1.807, 2.05) is 6.92 Å². The van der Waals surface area contributed by atoms with E-state index in [4.69, 9.17) is 26.4 Å². The summed E-state index contributed by atoms with van der Waals surface area (Å²) >= 11 is 5.22. The molecule has 0 fully saturated rings. The second-order valence-corrected chi connectivity index (χ2v) is 6.56. The van der Waals surface area contributed by atoms with E-state index in [1.165, 1.54) is 33.5 Å². The van der Waals surface area contributed by atoms with Gasteiger partial charge in [0.25, 0.3) is 11.8 Å². The average Bonchev–Trinajstić information content (AvgIpc) is 2.76.